The molecule has 1 atom stereocenters. The second-order valence-corrected chi connectivity index (χ2v) is 7.34. The van der Waals surface area contributed by atoms with Gasteiger partial charge >= 0.3 is 0 Å². The Labute approximate surface area is 129 Å². The van der Waals surface area contributed by atoms with Gasteiger partial charge in [0.05, 0.1) is 12.2 Å². The fourth-order valence-electron chi connectivity index (χ4n) is 3.10. The molecule has 0 saturated carbocycles. The topological polar surface area (TPSA) is 67.6 Å². The minimum Gasteiger partial charge on any atom is -0.353 e. The lowest BCUT2D eigenvalue weighted by atomic mass is 10.2. The molecule has 1 aromatic heterocycles. The van der Waals surface area contributed by atoms with Gasteiger partial charge in [0.2, 0.25) is 0 Å². The smallest absolute Gasteiger partial charge is 0.285 e. The Hall–Kier alpha value is -2.15. The summed E-state index contributed by atoms with van der Waals surface area (Å²) < 4.78 is 30.2. The predicted molar refractivity (Wildman–Crippen MR) is 82.4 cm³/mol. The van der Waals surface area contributed by atoms with Crippen molar-refractivity contribution in [2.45, 2.75) is 24.3 Å². The zero-order valence-corrected chi connectivity index (χ0v) is 13.0. The lowest BCUT2D eigenvalue weighted by Gasteiger charge is -2.18. The van der Waals surface area contributed by atoms with E-state index in [1.54, 1.807) is 12.1 Å². The first-order chi connectivity index (χ1) is 10.5. The maximum Gasteiger partial charge on any atom is 0.285 e. The van der Waals surface area contributed by atoms with Crippen LogP contribution in [-0.4, -0.2) is 42.0 Å². The van der Waals surface area contributed by atoms with Crippen LogP contribution in [0.3, 0.4) is 0 Å². The average Bonchev–Trinajstić information content (AvgIpc) is 3.18. The van der Waals surface area contributed by atoms with Gasteiger partial charge in [0, 0.05) is 24.8 Å². The van der Waals surface area contributed by atoms with Crippen LogP contribution in [-0.2, 0) is 10.0 Å². The Morgan fingerprint density at radius 3 is 2.86 bits per heavy atom. The van der Waals surface area contributed by atoms with Gasteiger partial charge in [-0.05, 0) is 31.0 Å². The molecule has 0 radical (unpaired) electrons. The summed E-state index contributed by atoms with van der Waals surface area (Å²) >= 11 is 0. The summed E-state index contributed by atoms with van der Waals surface area (Å²) in [5.74, 6) is 0.571. The monoisotopic (exact) mass is 316 g/mol. The Bertz CT molecular complexity index is 869. The first-order valence-electron chi connectivity index (χ1n) is 7.25. The minimum absolute atomic E-state index is 0.256. The van der Waals surface area contributed by atoms with Gasteiger partial charge in [0.25, 0.3) is 10.0 Å². The second kappa shape index (κ2) is 4.67. The summed E-state index contributed by atoms with van der Waals surface area (Å²) in [6.45, 7) is 3.52. The molecular formula is C15H16N4O2S. The van der Waals surface area contributed by atoms with Gasteiger partial charge in [0.1, 0.15) is 4.90 Å². The standard InChI is InChI=1S/C15H16N4O2S/c1-11-8-16-19(9-11)12-6-7-18(10-12)15-13-4-2-3-5-14(13)22(20,21)17-15/h2-5,8-9,12H,6-7,10H2,1H3. The van der Waals surface area contributed by atoms with Crippen LogP contribution in [0, 0.1) is 6.92 Å². The fraction of sp³-hybridized carbons (Fsp3) is 0.333. The minimum atomic E-state index is -3.55. The lowest BCUT2D eigenvalue weighted by molar-refractivity contribution is 0.443. The van der Waals surface area contributed by atoms with E-state index in [0.717, 1.165) is 25.1 Å². The highest BCUT2D eigenvalue weighted by Gasteiger charge is 2.35. The summed E-state index contributed by atoms with van der Waals surface area (Å²) in [7, 11) is -3.55. The Morgan fingerprint density at radius 2 is 2.09 bits per heavy atom. The van der Waals surface area contributed by atoms with Crippen molar-refractivity contribution >= 4 is 15.9 Å². The van der Waals surface area contributed by atoms with Crippen molar-refractivity contribution in [2.24, 2.45) is 4.40 Å². The van der Waals surface area contributed by atoms with Crippen molar-refractivity contribution in [3.05, 3.63) is 47.8 Å². The third kappa shape index (κ3) is 2.04. The van der Waals surface area contributed by atoms with Gasteiger partial charge in [0.15, 0.2) is 5.84 Å². The van der Waals surface area contributed by atoms with Crippen LogP contribution >= 0.6 is 0 Å². The van der Waals surface area contributed by atoms with E-state index in [1.165, 1.54) is 0 Å². The Balaban J connectivity index is 1.65. The van der Waals surface area contributed by atoms with Crippen molar-refractivity contribution in [1.29, 1.82) is 0 Å². The third-order valence-electron chi connectivity index (χ3n) is 4.18. The zero-order valence-electron chi connectivity index (χ0n) is 12.2. The molecule has 6 nitrogen and oxygen atoms in total. The summed E-state index contributed by atoms with van der Waals surface area (Å²) in [4.78, 5) is 2.36. The van der Waals surface area contributed by atoms with E-state index >= 15 is 0 Å². The first kappa shape index (κ1) is 13.5. The number of likely N-dealkylation sites (tertiary alicyclic amines) is 1. The zero-order chi connectivity index (χ0) is 15.3. The number of hydrogen-bond donors (Lipinski definition) is 0. The molecule has 114 valence electrons. The molecule has 0 spiro atoms. The van der Waals surface area contributed by atoms with E-state index in [4.69, 9.17) is 0 Å². The first-order valence-corrected chi connectivity index (χ1v) is 8.69. The molecule has 4 rings (SSSR count). The molecule has 22 heavy (non-hydrogen) atoms. The molecule has 7 heteroatoms. The molecule has 1 fully saturated rings. The van der Waals surface area contributed by atoms with Gasteiger partial charge in [-0.15, -0.1) is 4.40 Å². The van der Waals surface area contributed by atoms with Gasteiger partial charge in [-0.3, -0.25) is 4.68 Å². The van der Waals surface area contributed by atoms with Crippen molar-refractivity contribution in [2.75, 3.05) is 13.1 Å². The summed E-state index contributed by atoms with van der Waals surface area (Å²) in [6, 6.07) is 7.27. The normalized spacial score (nSPS) is 22.7. The number of hydrogen-bond acceptors (Lipinski definition) is 4. The van der Waals surface area contributed by atoms with E-state index < -0.39 is 10.0 Å². The molecule has 2 aliphatic heterocycles. The number of benzene rings is 1. The molecule has 0 bridgehead atoms. The Kier molecular flexibility index (Phi) is 2.87. The molecule has 3 heterocycles. The molecule has 1 saturated heterocycles. The highest BCUT2D eigenvalue weighted by Crippen LogP contribution is 2.31. The van der Waals surface area contributed by atoms with E-state index in [-0.39, 0.29) is 6.04 Å². The molecule has 0 aliphatic carbocycles. The molecular weight excluding hydrogens is 300 g/mol. The average molecular weight is 316 g/mol. The quantitative estimate of drug-likeness (QED) is 0.801. The van der Waals surface area contributed by atoms with Crippen molar-refractivity contribution in [1.82, 2.24) is 14.7 Å². The third-order valence-corrected chi connectivity index (χ3v) is 5.51. The number of sulfonamides is 1. The summed E-state index contributed by atoms with van der Waals surface area (Å²) in [6.07, 6.45) is 4.80. The van der Waals surface area contributed by atoms with Crippen LogP contribution in [0.2, 0.25) is 0 Å². The largest absolute Gasteiger partial charge is 0.353 e. The van der Waals surface area contributed by atoms with Crippen LogP contribution in [0.25, 0.3) is 0 Å². The molecule has 0 N–H and O–H groups in total. The van der Waals surface area contributed by atoms with Gasteiger partial charge in [-0.25, -0.2) is 0 Å². The van der Waals surface area contributed by atoms with Crippen LogP contribution in [0.15, 0.2) is 46.0 Å². The van der Waals surface area contributed by atoms with Crippen LogP contribution in [0.5, 0.6) is 0 Å². The lowest BCUT2D eigenvalue weighted by Crippen LogP contribution is -2.29. The summed E-state index contributed by atoms with van der Waals surface area (Å²) in [5, 5.41) is 4.36. The van der Waals surface area contributed by atoms with Crippen LogP contribution < -0.4 is 0 Å². The van der Waals surface area contributed by atoms with E-state index in [0.29, 0.717) is 16.3 Å². The number of rotatable bonds is 1. The van der Waals surface area contributed by atoms with E-state index in [1.807, 2.05) is 41.0 Å². The van der Waals surface area contributed by atoms with E-state index in [9.17, 15) is 8.42 Å². The van der Waals surface area contributed by atoms with Gasteiger partial charge in [-0.1, -0.05) is 12.1 Å². The van der Waals surface area contributed by atoms with Gasteiger partial charge in [-0.2, -0.15) is 13.5 Å². The number of aryl methyl sites for hydroxylation is 1. The molecule has 0 amide bonds. The number of amidine groups is 1. The number of nitrogens with zero attached hydrogens (tertiary/aromatic N) is 4. The fourth-order valence-corrected chi connectivity index (χ4v) is 4.33. The van der Waals surface area contributed by atoms with E-state index in [2.05, 4.69) is 9.50 Å². The molecule has 2 aliphatic rings. The molecule has 2 aromatic rings. The SMILES string of the molecule is Cc1cnn(C2CCN(C3=NS(=O)(=O)c4ccccc43)C2)c1. The van der Waals surface area contributed by atoms with Crippen molar-refractivity contribution in [3.8, 4) is 0 Å². The number of aromatic nitrogens is 2. The Morgan fingerprint density at radius 1 is 1.27 bits per heavy atom. The number of fused-ring (bicyclic) bond motifs is 1. The maximum absolute atomic E-state index is 12.1. The highest BCUT2D eigenvalue weighted by atomic mass is 32.2. The molecule has 1 aromatic carbocycles. The van der Waals surface area contributed by atoms with Crippen molar-refractivity contribution < 1.29 is 8.42 Å². The molecule has 1 unspecified atom stereocenters. The van der Waals surface area contributed by atoms with Crippen LogP contribution in [0.1, 0.15) is 23.6 Å². The second-order valence-electron chi connectivity index (χ2n) is 5.77. The highest BCUT2D eigenvalue weighted by molar-refractivity contribution is 7.90. The van der Waals surface area contributed by atoms with Crippen molar-refractivity contribution in [3.63, 3.8) is 0 Å². The van der Waals surface area contributed by atoms with Gasteiger partial charge < -0.3 is 4.90 Å². The predicted octanol–water partition coefficient (Wildman–Crippen LogP) is 1.59. The summed E-state index contributed by atoms with van der Waals surface area (Å²) in [5.41, 5.74) is 1.84. The maximum atomic E-state index is 12.1. The van der Waals surface area contributed by atoms with Crippen LogP contribution in [0.4, 0.5) is 0 Å².